The summed E-state index contributed by atoms with van der Waals surface area (Å²) < 4.78 is 11.9. The van der Waals surface area contributed by atoms with E-state index in [0.717, 1.165) is 44.9 Å². The molecule has 2 fully saturated rings. The van der Waals surface area contributed by atoms with Crippen molar-refractivity contribution in [3.8, 4) is 0 Å². The summed E-state index contributed by atoms with van der Waals surface area (Å²) in [4.78, 5) is 24.7. The number of carbonyl (C=O) groups is 2. The second-order valence-electron chi connectivity index (χ2n) is 10.3. The van der Waals surface area contributed by atoms with Crippen LogP contribution in [0.3, 0.4) is 0 Å². The van der Waals surface area contributed by atoms with Gasteiger partial charge in [0.1, 0.15) is 12.2 Å². The number of hydrogen-bond donors (Lipinski definition) is 0. The molecule has 0 aromatic heterocycles. The van der Waals surface area contributed by atoms with Crippen LogP contribution in [0.5, 0.6) is 0 Å². The average Bonchev–Trinajstić information content (AvgIpc) is 3.43. The minimum Gasteiger partial charge on any atom is -0.462 e. The maximum absolute atomic E-state index is 12.6. The van der Waals surface area contributed by atoms with Crippen LogP contribution >= 0.6 is 0 Å². The van der Waals surface area contributed by atoms with E-state index >= 15 is 0 Å². The highest BCUT2D eigenvalue weighted by atomic mass is 16.5. The van der Waals surface area contributed by atoms with Gasteiger partial charge in [0.25, 0.3) is 0 Å². The number of hydrogen-bond acceptors (Lipinski definition) is 4. The smallest absolute Gasteiger partial charge is 0.308 e. The Hall–Kier alpha value is -1.58. The standard InChI is InChI=1S/C26H38O4/c1-5-16(3)25(28)30-22-9-7-8-19-11-10-17(4)26(24(19)22)15-20(26)14-21-12-18(6-2)13-23(27)29-21/h8,10-11,16-18,20-22,24H,5-7,9,12-15H2,1-4H3/t16-,17-,18+,20+,21-,22-,24+,26?/m0/s1. The summed E-state index contributed by atoms with van der Waals surface area (Å²) in [5.41, 5.74) is 1.50. The van der Waals surface area contributed by atoms with Gasteiger partial charge in [-0.25, -0.2) is 0 Å². The molecule has 1 saturated carbocycles. The van der Waals surface area contributed by atoms with E-state index in [9.17, 15) is 9.59 Å². The van der Waals surface area contributed by atoms with E-state index in [1.54, 1.807) is 0 Å². The van der Waals surface area contributed by atoms with Gasteiger partial charge in [-0.3, -0.25) is 9.59 Å². The molecule has 1 unspecified atom stereocenters. The van der Waals surface area contributed by atoms with Gasteiger partial charge in [0, 0.05) is 12.3 Å². The van der Waals surface area contributed by atoms with Crippen LogP contribution in [-0.2, 0) is 19.1 Å². The van der Waals surface area contributed by atoms with Gasteiger partial charge < -0.3 is 9.47 Å². The maximum Gasteiger partial charge on any atom is 0.308 e. The van der Waals surface area contributed by atoms with Crippen LogP contribution in [0.2, 0.25) is 0 Å². The quantitative estimate of drug-likeness (QED) is 0.530. The molecule has 0 bridgehead atoms. The molecule has 1 spiro atoms. The monoisotopic (exact) mass is 414 g/mol. The minimum atomic E-state index is -0.0506. The van der Waals surface area contributed by atoms with Gasteiger partial charge in [-0.05, 0) is 67.3 Å². The Bertz CT molecular complexity index is 737. The molecular weight excluding hydrogens is 376 g/mol. The Morgan fingerprint density at radius 3 is 2.90 bits per heavy atom. The van der Waals surface area contributed by atoms with Crippen molar-refractivity contribution in [2.24, 2.45) is 35.0 Å². The first-order valence-corrected chi connectivity index (χ1v) is 12.2. The summed E-state index contributed by atoms with van der Waals surface area (Å²) in [6.07, 6.45) is 14.4. The Morgan fingerprint density at radius 1 is 1.37 bits per heavy atom. The fraction of sp³-hybridized carbons (Fsp3) is 0.769. The molecule has 0 aromatic carbocycles. The molecule has 4 rings (SSSR count). The Morgan fingerprint density at radius 2 is 2.17 bits per heavy atom. The van der Waals surface area contributed by atoms with Crippen LogP contribution in [0.4, 0.5) is 0 Å². The largest absolute Gasteiger partial charge is 0.462 e. The van der Waals surface area contributed by atoms with Crippen molar-refractivity contribution in [3.63, 3.8) is 0 Å². The Kier molecular flexibility index (Phi) is 6.14. The molecule has 0 aromatic rings. The van der Waals surface area contributed by atoms with E-state index in [-0.39, 0.29) is 41.4 Å². The maximum atomic E-state index is 12.6. The van der Waals surface area contributed by atoms with Crippen LogP contribution in [0.15, 0.2) is 23.8 Å². The van der Waals surface area contributed by atoms with E-state index in [1.807, 2.05) is 13.8 Å². The van der Waals surface area contributed by atoms with Gasteiger partial charge in [0.2, 0.25) is 0 Å². The number of ether oxygens (including phenoxy) is 2. The van der Waals surface area contributed by atoms with Crippen molar-refractivity contribution < 1.29 is 19.1 Å². The fourth-order valence-corrected chi connectivity index (χ4v) is 6.38. The predicted octanol–water partition coefficient (Wildman–Crippen LogP) is 5.61. The molecule has 8 atom stereocenters. The van der Waals surface area contributed by atoms with Crippen molar-refractivity contribution in [1.29, 1.82) is 0 Å². The first-order chi connectivity index (χ1) is 14.4. The third-order valence-corrected chi connectivity index (χ3v) is 8.52. The van der Waals surface area contributed by atoms with Crippen LogP contribution in [-0.4, -0.2) is 24.1 Å². The lowest BCUT2D eigenvalue weighted by atomic mass is 9.64. The minimum absolute atomic E-state index is 0.0250. The number of esters is 2. The first kappa shape index (κ1) is 21.6. The molecule has 4 heteroatoms. The van der Waals surface area contributed by atoms with Crippen molar-refractivity contribution in [3.05, 3.63) is 23.8 Å². The molecule has 0 radical (unpaired) electrons. The second kappa shape index (κ2) is 8.51. The summed E-state index contributed by atoms with van der Waals surface area (Å²) in [5, 5.41) is 0. The lowest BCUT2D eigenvalue weighted by molar-refractivity contribution is -0.160. The van der Waals surface area contributed by atoms with Gasteiger partial charge in [-0.1, -0.05) is 52.3 Å². The molecule has 30 heavy (non-hydrogen) atoms. The molecule has 1 heterocycles. The zero-order valence-corrected chi connectivity index (χ0v) is 19.1. The summed E-state index contributed by atoms with van der Waals surface area (Å²) in [5.74, 6) is 1.60. The number of cyclic esters (lactones) is 1. The van der Waals surface area contributed by atoms with Gasteiger partial charge in [0.15, 0.2) is 0 Å². The molecule has 1 aliphatic heterocycles. The van der Waals surface area contributed by atoms with Crippen molar-refractivity contribution in [2.75, 3.05) is 0 Å². The summed E-state index contributed by atoms with van der Waals surface area (Å²) >= 11 is 0. The molecule has 1 saturated heterocycles. The topological polar surface area (TPSA) is 52.6 Å². The summed E-state index contributed by atoms with van der Waals surface area (Å²) in [6, 6.07) is 0. The predicted molar refractivity (Wildman–Crippen MR) is 116 cm³/mol. The Balaban J connectivity index is 1.52. The highest BCUT2D eigenvalue weighted by Crippen LogP contribution is 2.69. The van der Waals surface area contributed by atoms with Gasteiger partial charge in [-0.2, -0.15) is 0 Å². The normalized spacial score (nSPS) is 40.9. The third kappa shape index (κ3) is 3.87. The molecule has 3 aliphatic carbocycles. The SMILES string of the molecule is CC[C@H]1CC(=O)O[C@H](C[C@@H]2CC23[C@@H]2C(=CCC[C@@H]2OC(=O)[C@@H](C)CC)C=C[C@@H]3C)C1. The highest BCUT2D eigenvalue weighted by molar-refractivity contribution is 5.72. The van der Waals surface area contributed by atoms with Crippen molar-refractivity contribution >= 4 is 11.9 Å². The van der Waals surface area contributed by atoms with Gasteiger partial charge in [-0.15, -0.1) is 0 Å². The molecule has 4 aliphatic rings. The van der Waals surface area contributed by atoms with Crippen molar-refractivity contribution in [1.82, 2.24) is 0 Å². The lowest BCUT2D eigenvalue weighted by Crippen LogP contribution is -2.42. The molecule has 4 nitrogen and oxygen atoms in total. The van der Waals surface area contributed by atoms with Crippen molar-refractivity contribution in [2.45, 2.75) is 91.3 Å². The summed E-state index contributed by atoms with van der Waals surface area (Å²) in [7, 11) is 0. The molecule has 0 N–H and O–H groups in total. The zero-order valence-electron chi connectivity index (χ0n) is 19.1. The second-order valence-corrected chi connectivity index (χ2v) is 10.3. The fourth-order valence-electron chi connectivity index (χ4n) is 6.38. The highest BCUT2D eigenvalue weighted by Gasteiger charge is 2.65. The number of rotatable bonds is 6. The van der Waals surface area contributed by atoms with E-state index < -0.39 is 0 Å². The summed E-state index contributed by atoms with van der Waals surface area (Å²) in [6.45, 7) is 8.49. The lowest BCUT2D eigenvalue weighted by Gasteiger charge is -2.43. The van der Waals surface area contributed by atoms with Gasteiger partial charge in [0.05, 0.1) is 5.92 Å². The van der Waals surface area contributed by atoms with E-state index in [4.69, 9.17) is 9.47 Å². The first-order valence-electron chi connectivity index (χ1n) is 12.2. The van der Waals surface area contributed by atoms with Crippen LogP contribution in [0.25, 0.3) is 0 Å². The third-order valence-electron chi connectivity index (χ3n) is 8.52. The van der Waals surface area contributed by atoms with Crippen LogP contribution in [0.1, 0.15) is 79.1 Å². The number of carbonyl (C=O) groups excluding carboxylic acids is 2. The molecule has 0 amide bonds. The van der Waals surface area contributed by atoms with E-state index in [0.29, 0.717) is 24.2 Å². The average molecular weight is 415 g/mol. The van der Waals surface area contributed by atoms with E-state index in [1.165, 1.54) is 5.57 Å². The number of allylic oxidation sites excluding steroid dienone is 3. The van der Waals surface area contributed by atoms with Crippen LogP contribution < -0.4 is 0 Å². The molecule has 166 valence electrons. The van der Waals surface area contributed by atoms with Crippen LogP contribution in [0, 0.1) is 35.0 Å². The molecular formula is C26H38O4. The van der Waals surface area contributed by atoms with E-state index in [2.05, 4.69) is 32.1 Å². The zero-order chi connectivity index (χ0) is 21.5. The number of fused-ring (bicyclic) bond motifs is 2. The van der Waals surface area contributed by atoms with Gasteiger partial charge >= 0.3 is 11.9 Å². The Labute approximate surface area is 181 Å².